The summed E-state index contributed by atoms with van der Waals surface area (Å²) < 4.78 is 2.06. The Morgan fingerprint density at radius 3 is 2.87 bits per heavy atom. The fourth-order valence-electron chi connectivity index (χ4n) is 1.52. The van der Waals surface area contributed by atoms with Crippen molar-refractivity contribution >= 4 is 5.69 Å². The Balaban J connectivity index is 2.18. The van der Waals surface area contributed by atoms with Gasteiger partial charge in [-0.15, -0.1) is 0 Å². The van der Waals surface area contributed by atoms with E-state index < -0.39 is 0 Å². The molecule has 0 bridgehead atoms. The smallest absolute Gasteiger partial charge is 0.0949 e. The molecule has 0 aliphatic carbocycles. The topological polar surface area (TPSA) is 21.1 Å². The van der Waals surface area contributed by atoms with Gasteiger partial charge in [0.05, 0.1) is 6.33 Å². The molecule has 2 rings (SSSR count). The maximum atomic E-state index is 4.03. The number of imidazole rings is 1. The summed E-state index contributed by atoms with van der Waals surface area (Å²) in [5.74, 6) is 0. The normalized spacial score (nSPS) is 10.3. The summed E-state index contributed by atoms with van der Waals surface area (Å²) >= 11 is 0. The zero-order valence-corrected chi connectivity index (χ0v) is 9.09. The molecule has 2 aromatic rings. The maximum absolute atomic E-state index is 4.03. The quantitative estimate of drug-likeness (QED) is 0.757. The molecule has 0 unspecified atom stereocenters. The van der Waals surface area contributed by atoms with Crippen molar-refractivity contribution in [1.29, 1.82) is 0 Å². The lowest BCUT2D eigenvalue weighted by Crippen LogP contribution is -2.09. The first-order valence-corrected chi connectivity index (χ1v) is 4.98. The fourth-order valence-corrected chi connectivity index (χ4v) is 1.52. The lowest BCUT2D eigenvalue weighted by molar-refractivity contribution is 0.797. The monoisotopic (exact) mass is 201 g/mol. The van der Waals surface area contributed by atoms with E-state index in [0.29, 0.717) is 0 Å². The number of hydrogen-bond acceptors (Lipinski definition) is 2. The summed E-state index contributed by atoms with van der Waals surface area (Å²) in [4.78, 5) is 6.14. The van der Waals surface area contributed by atoms with Crippen LogP contribution in [-0.2, 0) is 6.54 Å². The van der Waals surface area contributed by atoms with Gasteiger partial charge in [0.25, 0.3) is 0 Å². The van der Waals surface area contributed by atoms with Gasteiger partial charge in [-0.3, -0.25) is 0 Å². The van der Waals surface area contributed by atoms with Crippen LogP contribution in [0.1, 0.15) is 5.56 Å². The minimum atomic E-state index is 0.877. The number of benzene rings is 1. The molecule has 0 fully saturated rings. The summed E-state index contributed by atoms with van der Waals surface area (Å²) in [5.41, 5.74) is 2.52. The van der Waals surface area contributed by atoms with Gasteiger partial charge in [-0.05, 0) is 17.7 Å². The second-order valence-electron chi connectivity index (χ2n) is 3.80. The summed E-state index contributed by atoms with van der Waals surface area (Å²) in [6.45, 7) is 0.877. The van der Waals surface area contributed by atoms with Crippen LogP contribution in [0, 0.1) is 0 Å². The molecule has 0 atom stereocenters. The highest BCUT2D eigenvalue weighted by atomic mass is 15.1. The minimum Gasteiger partial charge on any atom is -0.378 e. The van der Waals surface area contributed by atoms with Crippen LogP contribution < -0.4 is 4.90 Å². The molecule has 1 heterocycles. The first-order valence-electron chi connectivity index (χ1n) is 4.98. The lowest BCUT2D eigenvalue weighted by atomic mass is 10.2. The zero-order valence-electron chi connectivity index (χ0n) is 9.09. The summed E-state index contributed by atoms with van der Waals surface area (Å²) in [7, 11) is 4.10. The Hall–Kier alpha value is -1.77. The van der Waals surface area contributed by atoms with E-state index in [0.717, 1.165) is 6.54 Å². The Morgan fingerprint density at radius 1 is 1.33 bits per heavy atom. The van der Waals surface area contributed by atoms with E-state index in [-0.39, 0.29) is 0 Å². The van der Waals surface area contributed by atoms with Gasteiger partial charge in [0, 0.05) is 38.7 Å². The van der Waals surface area contributed by atoms with Crippen LogP contribution in [0.15, 0.2) is 43.0 Å². The standard InChI is InChI=1S/C12H15N3/c1-14(2)12-5-3-4-11(8-12)9-15-7-6-13-10-15/h3-8,10H,9H2,1-2H3. The van der Waals surface area contributed by atoms with Crippen molar-refractivity contribution in [2.24, 2.45) is 0 Å². The molecule has 0 aliphatic rings. The van der Waals surface area contributed by atoms with Gasteiger partial charge in [0.15, 0.2) is 0 Å². The number of rotatable bonds is 3. The van der Waals surface area contributed by atoms with Gasteiger partial charge in [0.1, 0.15) is 0 Å². The van der Waals surface area contributed by atoms with Crippen molar-refractivity contribution in [3.63, 3.8) is 0 Å². The molecule has 0 spiro atoms. The second-order valence-corrected chi connectivity index (χ2v) is 3.80. The highest BCUT2D eigenvalue weighted by Crippen LogP contribution is 2.14. The fraction of sp³-hybridized carbons (Fsp3) is 0.250. The predicted molar refractivity (Wildman–Crippen MR) is 62.1 cm³/mol. The molecule has 0 aliphatic heterocycles. The molecule has 0 saturated carbocycles. The van der Waals surface area contributed by atoms with Crippen LogP contribution in [0.25, 0.3) is 0 Å². The largest absolute Gasteiger partial charge is 0.378 e. The Kier molecular flexibility index (Phi) is 2.72. The summed E-state index contributed by atoms with van der Waals surface area (Å²) in [6, 6.07) is 8.52. The van der Waals surface area contributed by atoms with Crippen molar-refractivity contribution in [1.82, 2.24) is 9.55 Å². The van der Waals surface area contributed by atoms with Crippen LogP contribution in [0.4, 0.5) is 5.69 Å². The number of anilines is 1. The molecular weight excluding hydrogens is 186 g/mol. The van der Waals surface area contributed by atoms with Crippen LogP contribution in [0.5, 0.6) is 0 Å². The van der Waals surface area contributed by atoms with Crippen molar-refractivity contribution in [2.75, 3.05) is 19.0 Å². The highest BCUT2D eigenvalue weighted by molar-refractivity contribution is 5.47. The third-order valence-electron chi connectivity index (χ3n) is 2.35. The van der Waals surface area contributed by atoms with E-state index in [9.17, 15) is 0 Å². The molecule has 0 N–H and O–H groups in total. The first kappa shape index (κ1) is 9.77. The SMILES string of the molecule is CN(C)c1cccc(Cn2ccnc2)c1. The number of aromatic nitrogens is 2. The van der Waals surface area contributed by atoms with Crippen LogP contribution in [-0.4, -0.2) is 23.6 Å². The molecular formula is C12H15N3. The molecule has 0 radical (unpaired) electrons. The average molecular weight is 201 g/mol. The van der Waals surface area contributed by atoms with E-state index in [4.69, 9.17) is 0 Å². The maximum Gasteiger partial charge on any atom is 0.0949 e. The molecule has 0 amide bonds. The Bertz CT molecular complexity index is 418. The van der Waals surface area contributed by atoms with E-state index in [2.05, 4.69) is 52.8 Å². The van der Waals surface area contributed by atoms with Gasteiger partial charge in [0.2, 0.25) is 0 Å². The van der Waals surface area contributed by atoms with Gasteiger partial charge >= 0.3 is 0 Å². The van der Waals surface area contributed by atoms with Crippen LogP contribution >= 0.6 is 0 Å². The van der Waals surface area contributed by atoms with E-state index in [1.807, 2.05) is 12.5 Å². The molecule has 3 heteroatoms. The number of nitrogens with zero attached hydrogens (tertiary/aromatic N) is 3. The van der Waals surface area contributed by atoms with Crippen molar-refractivity contribution in [3.8, 4) is 0 Å². The van der Waals surface area contributed by atoms with Gasteiger partial charge in [-0.2, -0.15) is 0 Å². The molecule has 1 aromatic carbocycles. The predicted octanol–water partition coefficient (Wildman–Crippen LogP) is 2.00. The Morgan fingerprint density at radius 2 is 2.20 bits per heavy atom. The zero-order chi connectivity index (χ0) is 10.7. The molecule has 0 saturated heterocycles. The van der Waals surface area contributed by atoms with Crippen molar-refractivity contribution in [3.05, 3.63) is 48.5 Å². The third-order valence-corrected chi connectivity index (χ3v) is 2.35. The second kappa shape index (κ2) is 4.17. The molecule has 15 heavy (non-hydrogen) atoms. The van der Waals surface area contributed by atoms with E-state index in [1.165, 1.54) is 11.3 Å². The summed E-state index contributed by atoms with van der Waals surface area (Å²) in [6.07, 6.45) is 5.61. The third kappa shape index (κ3) is 2.37. The minimum absolute atomic E-state index is 0.877. The number of hydrogen-bond donors (Lipinski definition) is 0. The van der Waals surface area contributed by atoms with E-state index >= 15 is 0 Å². The van der Waals surface area contributed by atoms with Crippen molar-refractivity contribution < 1.29 is 0 Å². The van der Waals surface area contributed by atoms with Crippen LogP contribution in [0.3, 0.4) is 0 Å². The summed E-state index contributed by atoms with van der Waals surface area (Å²) in [5, 5.41) is 0. The van der Waals surface area contributed by atoms with Gasteiger partial charge in [-0.1, -0.05) is 12.1 Å². The molecule has 1 aromatic heterocycles. The van der Waals surface area contributed by atoms with Gasteiger partial charge < -0.3 is 9.47 Å². The Labute approximate surface area is 90.0 Å². The van der Waals surface area contributed by atoms with E-state index in [1.54, 1.807) is 6.20 Å². The van der Waals surface area contributed by atoms with Gasteiger partial charge in [-0.25, -0.2) is 4.98 Å². The molecule has 78 valence electrons. The van der Waals surface area contributed by atoms with Crippen molar-refractivity contribution in [2.45, 2.75) is 6.54 Å². The molecule has 3 nitrogen and oxygen atoms in total. The lowest BCUT2D eigenvalue weighted by Gasteiger charge is -2.13. The first-order chi connectivity index (χ1) is 7.25. The highest BCUT2D eigenvalue weighted by Gasteiger charge is 1.98. The van der Waals surface area contributed by atoms with Crippen LogP contribution in [0.2, 0.25) is 0 Å². The average Bonchev–Trinajstić information content (AvgIpc) is 2.71.